The number of rotatable bonds is 4. The standard InChI is InChI=1S/C18H27NO/c1-14-7-9-18(20,10-8-14)13-19-12-15-5-6-16-3-2-4-17(16)11-15/h5-6,11,14,19-20H,2-4,7-10,12-13H2,1H3. The predicted molar refractivity (Wildman–Crippen MR) is 82.8 cm³/mol. The second-order valence-corrected chi connectivity index (χ2v) is 6.97. The van der Waals surface area contributed by atoms with Gasteiger partial charge in [-0.05, 0) is 67.6 Å². The van der Waals surface area contributed by atoms with Crippen LogP contribution in [0.15, 0.2) is 18.2 Å². The summed E-state index contributed by atoms with van der Waals surface area (Å²) in [4.78, 5) is 0. The van der Waals surface area contributed by atoms with Gasteiger partial charge in [-0.25, -0.2) is 0 Å². The molecule has 0 spiro atoms. The summed E-state index contributed by atoms with van der Waals surface area (Å²) in [6, 6.07) is 6.88. The van der Waals surface area contributed by atoms with Crippen molar-refractivity contribution in [1.29, 1.82) is 0 Å². The topological polar surface area (TPSA) is 32.3 Å². The van der Waals surface area contributed by atoms with Crippen molar-refractivity contribution in [1.82, 2.24) is 5.32 Å². The van der Waals surface area contributed by atoms with Gasteiger partial charge in [0.1, 0.15) is 0 Å². The molecule has 2 N–H and O–H groups in total. The second kappa shape index (κ2) is 5.87. The minimum absolute atomic E-state index is 0.469. The molecule has 2 heteroatoms. The van der Waals surface area contributed by atoms with Gasteiger partial charge in [0.05, 0.1) is 5.60 Å². The first-order valence-electron chi connectivity index (χ1n) is 8.18. The van der Waals surface area contributed by atoms with Gasteiger partial charge in [-0.2, -0.15) is 0 Å². The summed E-state index contributed by atoms with van der Waals surface area (Å²) in [7, 11) is 0. The Balaban J connectivity index is 1.50. The Kier molecular flexibility index (Phi) is 4.13. The third-order valence-electron chi connectivity index (χ3n) is 5.15. The average molecular weight is 273 g/mol. The van der Waals surface area contributed by atoms with Crippen molar-refractivity contribution in [2.24, 2.45) is 5.92 Å². The molecule has 0 atom stereocenters. The molecule has 0 amide bonds. The highest BCUT2D eigenvalue weighted by Gasteiger charge is 2.31. The Morgan fingerprint density at radius 2 is 1.95 bits per heavy atom. The molecule has 0 bridgehead atoms. The van der Waals surface area contributed by atoms with E-state index in [-0.39, 0.29) is 0 Å². The first-order valence-corrected chi connectivity index (χ1v) is 8.18. The lowest BCUT2D eigenvalue weighted by molar-refractivity contribution is -0.00630. The fourth-order valence-corrected chi connectivity index (χ4v) is 3.65. The van der Waals surface area contributed by atoms with Crippen molar-refractivity contribution in [3.05, 3.63) is 34.9 Å². The maximum absolute atomic E-state index is 10.6. The SMILES string of the molecule is CC1CCC(O)(CNCc2ccc3c(c2)CCC3)CC1. The quantitative estimate of drug-likeness (QED) is 0.883. The Labute approximate surface area is 122 Å². The number of benzene rings is 1. The molecule has 20 heavy (non-hydrogen) atoms. The Morgan fingerprint density at radius 1 is 1.20 bits per heavy atom. The maximum atomic E-state index is 10.6. The molecular formula is C18H27NO. The highest BCUT2D eigenvalue weighted by molar-refractivity contribution is 5.35. The molecule has 1 saturated carbocycles. The molecular weight excluding hydrogens is 246 g/mol. The molecule has 0 heterocycles. The largest absolute Gasteiger partial charge is 0.389 e. The number of hydrogen-bond acceptors (Lipinski definition) is 2. The molecule has 2 nitrogen and oxygen atoms in total. The lowest BCUT2D eigenvalue weighted by Gasteiger charge is -2.35. The lowest BCUT2D eigenvalue weighted by Crippen LogP contribution is -2.43. The molecule has 2 aliphatic carbocycles. The monoisotopic (exact) mass is 273 g/mol. The summed E-state index contributed by atoms with van der Waals surface area (Å²) in [5.41, 5.74) is 3.96. The van der Waals surface area contributed by atoms with E-state index >= 15 is 0 Å². The molecule has 0 radical (unpaired) electrons. The molecule has 0 aliphatic heterocycles. The fraction of sp³-hybridized carbons (Fsp3) is 0.667. The van der Waals surface area contributed by atoms with E-state index in [0.717, 1.165) is 44.7 Å². The van der Waals surface area contributed by atoms with Gasteiger partial charge in [-0.1, -0.05) is 25.1 Å². The van der Waals surface area contributed by atoms with Gasteiger partial charge in [-0.15, -0.1) is 0 Å². The van der Waals surface area contributed by atoms with E-state index in [1.165, 1.54) is 36.0 Å². The number of aryl methyl sites for hydroxylation is 2. The van der Waals surface area contributed by atoms with Crippen molar-refractivity contribution >= 4 is 0 Å². The number of nitrogens with one attached hydrogen (secondary N) is 1. The molecule has 3 rings (SSSR count). The van der Waals surface area contributed by atoms with Crippen LogP contribution >= 0.6 is 0 Å². The van der Waals surface area contributed by atoms with Crippen LogP contribution in [-0.4, -0.2) is 17.3 Å². The van der Waals surface area contributed by atoms with Crippen molar-refractivity contribution in [2.45, 2.75) is 64.0 Å². The molecule has 0 unspecified atom stereocenters. The van der Waals surface area contributed by atoms with Crippen molar-refractivity contribution < 1.29 is 5.11 Å². The first-order chi connectivity index (χ1) is 9.65. The molecule has 1 aromatic rings. The van der Waals surface area contributed by atoms with Gasteiger partial charge in [0.25, 0.3) is 0 Å². The van der Waals surface area contributed by atoms with E-state index < -0.39 is 5.60 Å². The van der Waals surface area contributed by atoms with Crippen LogP contribution in [0.25, 0.3) is 0 Å². The molecule has 1 fully saturated rings. The van der Waals surface area contributed by atoms with Crippen LogP contribution in [0.5, 0.6) is 0 Å². The maximum Gasteiger partial charge on any atom is 0.0771 e. The van der Waals surface area contributed by atoms with Crippen LogP contribution < -0.4 is 5.32 Å². The van der Waals surface area contributed by atoms with Gasteiger partial charge in [0.15, 0.2) is 0 Å². The number of hydrogen-bond donors (Lipinski definition) is 2. The summed E-state index contributed by atoms with van der Waals surface area (Å²) >= 11 is 0. The minimum atomic E-state index is -0.469. The zero-order chi connectivity index (χ0) is 14.0. The summed E-state index contributed by atoms with van der Waals surface area (Å²) in [5.74, 6) is 0.784. The van der Waals surface area contributed by atoms with Crippen LogP contribution in [0, 0.1) is 5.92 Å². The van der Waals surface area contributed by atoms with Crippen LogP contribution in [0.1, 0.15) is 55.7 Å². The summed E-state index contributed by atoms with van der Waals surface area (Å²) in [5, 5.41) is 14.0. The van der Waals surface area contributed by atoms with E-state index in [2.05, 4.69) is 30.4 Å². The smallest absolute Gasteiger partial charge is 0.0771 e. The first kappa shape index (κ1) is 14.1. The Bertz CT molecular complexity index is 460. The second-order valence-electron chi connectivity index (χ2n) is 6.97. The van der Waals surface area contributed by atoms with Crippen LogP contribution in [0.4, 0.5) is 0 Å². The number of aliphatic hydroxyl groups is 1. The lowest BCUT2D eigenvalue weighted by atomic mass is 9.79. The Hall–Kier alpha value is -0.860. The van der Waals surface area contributed by atoms with Gasteiger partial charge >= 0.3 is 0 Å². The highest BCUT2D eigenvalue weighted by Crippen LogP contribution is 2.31. The van der Waals surface area contributed by atoms with Crippen LogP contribution in [0.2, 0.25) is 0 Å². The zero-order valence-corrected chi connectivity index (χ0v) is 12.6. The third kappa shape index (κ3) is 3.24. The highest BCUT2D eigenvalue weighted by atomic mass is 16.3. The van der Waals surface area contributed by atoms with Crippen LogP contribution in [0.3, 0.4) is 0 Å². The molecule has 0 aromatic heterocycles. The van der Waals surface area contributed by atoms with E-state index in [1.54, 1.807) is 0 Å². The number of fused-ring (bicyclic) bond motifs is 1. The van der Waals surface area contributed by atoms with Crippen LogP contribution in [-0.2, 0) is 19.4 Å². The van der Waals surface area contributed by atoms with E-state index in [0.29, 0.717) is 0 Å². The van der Waals surface area contributed by atoms with Gasteiger partial charge in [0, 0.05) is 13.1 Å². The average Bonchev–Trinajstić information content (AvgIpc) is 2.90. The van der Waals surface area contributed by atoms with E-state index in [9.17, 15) is 5.11 Å². The van der Waals surface area contributed by atoms with Gasteiger partial charge < -0.3 is 10.4 Å². The Morgan fingerprint density at radius 3 is 2.75 bits per heavy atom. The zero-order valence-electron chi connectivity index (χ0n) is 12.6. The molecule has 0 saturated heterocycles. The van der Waals surface area contributed by atoms with E-state index in [1.807, 2.05) is 0 Å². The summed E-state index contributed by atoms with van der Waals surface area (Å²) in [6.45, 7) is 3.90. The fourth-order valence-electron chi connectivity index (χ4n) is 3.65. The molecule has 2 aliphatic rings. The van der Waals surface area contributed by atoms with Gasteiger partial charge in [-0.3, -0.25) is 0 Å². The molecule has 110 valence electrons. The normalized spacial score (nSPS) is 29.4. The van der Waals surface area contributed by atoms with Crippen molar-refractivity contribution in [3.63, 3.8) is 0 Å². The predicted octanol–water partition coefficient (Wildman–Crippen LogP) is 3.21. The van der Waals surface area contributed by atoms with Crippen molar-refractivity contribution in [3.8, 4) is 0 Å². The summed E-state index contributed by atoms with van der Waals surface area (Å²) < 4.78 is 0. The molecule has 1 aromatic carbocycles. The summed E-state index contributed by atoms with van der Waals surface area (Å²) in [6.07, 6.45) is 8.03. The van der Waals surface area contributed by atoms with E-state index in [4.69, 9.17) is 0 Å². The van der Waals surface area contributed by atoms with Crippen molar-refractivity contribution in [2.75, 3.05) is 6.54 Å². The third-order valence-corrected chi connectivity index (χ3v) is 5.15. The minimum Gasteiger partial charge on any atom is -0.389 e. The van der Waals surface area contributed by atoms with Gasteiger partial charge in [0.2, 0.25) is 0 Å².